The van der Waals surface area contributed by atoms with Gasteiger partial charge in [0.05, 0.1) is 17.8 Å². The van der Waals surface area contributed by atoms with Crippen molar-refractivity contribution in [1.29, 1.82) is 0 Å². The maximum absolute atomic E-state index is 12.2. The number of carbonyl (C=O) groups excluding carboxylic acids is 1. The van der Waals surface area contributed by atoms with Crippen LogP contribution in [0.2, 0.25) is 0 Å². The predicted octanol–water partition coefficient (Wildman–Crippen LogP) is 1.53. The highest BCUT2D eigenvalue weighted by atomic mass is 16.3. The molecule has 5 nitrogen and oxygen atoms in total. The number of aliphatic hydroxyl groups is 1. The smallest absolute Gasteiger partial charge is 0.270 e. The maximum atomic E-state index is 12.2. The molecule has 0 saturated carbocycles. The van der Waals surface area contributed by atoms with Crippen LogP contribution in [-0.2, 0) is 6.54 Å². The Labute approximate surface area is 108 Å². The van der Waals surface area contributed by atoms with E-state index in [1.165, 1.54) is 0 Å². The van der Waals surface area contributed by atoms with Gasteiger partial charge in [0.2, 0.25) is 0 Å². The minimum atomic E-state index is -0.627. The molecular weight excluding hydrogens is 230 g/mol. The number of amides is 1. The van der Waals surface area contributed by atoms with E-state index in [0.29, 0.717) is 12.2 Å². The minimum absolute atomic E-state index is 0.101. The summed E-state index contributed by atoms with van der Waals surface area (Å²) >= 11 is 0. The summed E-state index contributed by atoms with van der Waals surface area (Å²) in [5.74, 6) is 0.0884. The average Bonchev–Trinajstić information content (AvgIpc) is 2.72. The van der Waals surface area contributed by atoms with Gasteiger partial charge in [-0.1, -0.05) is 13.8 Å². The van der Waals surface area contributed by atoms with Crippen LogP contribution >= 0.6 is 0 Å². The van der Waals surface area contributed by atoms with Gasteiger partial charge in [-0.05, 0) is 32.8 Å². The number of carbonyl (C=O) groups is 1. The molecule has 0 aliphatic heterocycles. The summed E-state index contributed by atoms with van der Waals surface area (Å²) in [6.45, 7) is 10.1. The Kier molecular flexibility index (Phi) is 4.51. The quantitative estimate of drug-likeness (QED) is 0.836. The van der Waals surface area contributed by atoms with Crippen molar-refractivity contribution in [3.8, 4) is 0 Å². The fraction of sp³-hybridized carbons (Fsp3) is 0.692. The average molecular weight is 253 g/mol. The highest BCUT2D eigenvalue weighted by molar-refractivity contribution is 5.93. The third-order valence-corrected chi connectivity index (χ3v) is 2.77. The Morgan fingerprint density at radius 2 is 2.17 bits per heavy atom. The molecule has 102 valence electrons. The van der Waals surface area contributed by atoms with E-state index >= 15 is 0 Å². The molecule has 0 saturated heterocycles. The SMILES string of the molecule is CCn1nc(C(C)C)cc1C(=O)NC(C)(C)CO. The molecule has 0 radical (unpaired) electrons. The van der Waals surface area contributed by atoms with Crippen LogP contribution in [0.4, 0.5) is 0 Å². The molecule has 0 spiro atoms. The number of aryl methyl sites for hydroxylation is 1. The van der Waals surface area contributed by atoms with Gasteiger partial charge in [-0.25, -0.2) is 0 Å². The van der Waals surface area contributed by atoms with Crippen molar-refractivity contribution >= 4 is 5.91 Å². The fourth-order valence-corrected chi connectivity index (χ4v) is 1.55. The fourth-order valence-electron chi connectivity index (χ4n) is 1.55. The van der Waals surface area contributed by atoms with E-state index in [0.717, 1.165) is 5.69 Å². The molecule has 1 rings (SSSR count). The van der Waals surface area contributed by atoms with Crippen LogP contribution in [0, 0.1) is 0 Å². The molecule has 0 fully saturated rings. The first-order valence-electron chi connectivity index (χ1n) is 6.32. The molecule has 1 aromatic rings. The number of aliphatic hydroxyl groups excluding tert-OH is 1. The van der Waals surface area contributed by atoms with Gasteiger partial charge in [0.15, 0.2) is 0 Å². The van der Waals surface area contributed by atoms with Crippen LogP contribution < -0.4 is 5.32 Å². The third-order valence-electron chi connectivity index (χ3n) is 2.77. The molecular formula is C13H23N3O2. The van der Waals surface area contributed by atoms with E-state index in [9.17, 15) is 9.90 Å². The van der Waals surface area contributed by atoms with E-state index in [4.69, 9.17) is 0 Å². The molecule has 0 aliphatic carbocycles. The van der Waals surface area contributed by atoms with Crippen LogP contribution in [0.3, 0.4) is 0 Å². The van der Waals surface area contributed by atoms with E-state index in [-0.39, 0.29) is 18.4 Å². The molecule has 2 N–H and O–H groups in total. The summed E-state index contributed by atoms with van der Waals surface area (Å²) in [6.07, 6.45) is 0. The molecule has 18 heavy (non-hydrogen) atoms. The highest BCUT2D eigenvalue weighted by Crippen LogP contribution is 2.15. The topological polar surface area (TPSA) is 67.2 Å². The molecule has 1 heterocycles. The lowest BCUT2D eigenvalue weighted by Crippen LogP contribution is -2.46. The van der Waals surface area contributed by atoms with Gasteiger partial charge in [0, 0.05) is 6.54 Å². The van der Waals surface area contributed by atoms with Gasteiger partial charge < -0.3 is 10.4 Å². The molecule has 0 bridgehead atoms. The van der Waals surface area contributed by atoms with Crippen LogP contribution in [0.25, 0.3) is 0 Å². The minimum Gasteiger partial charge on any atom is -0.394 e. The molecule has 0 aliphatic rings. The van der Waals surface area contributed by atoms with Crippen molar-refractivity contribution in [3.63, 3.8) is 0 Å². The Bertz CT molecular complexity index is 422. The summed E-state index contributed by atoms with van der Waals surface area (Å²) in [4.78, 5) is 12.2. The zero-order chi connectivity index (χ0) is 13.9. The predicted molar refractivity (Wildman–Crippen MR) is 70.6 cm³/mol. The zero-order valence-corrected chi connectivity index (χ0v) is 11.8. The highest BCUT2D eigenvalue weighted by Gasteiger charge is 2.23. The lowest BCUT2D eigenvalue weighted by molar-refractivity contribution is 0.0858. The summed E-state index contributed by atoms with van der Waals surface area (Å²) in [5.41, 5.74) is 0.823. The summed E-state index contributed by atoms with van der Waals surface area (Å²) in [7, 11) is 0. The van der Waals surface area contributed by atoms with Crippen molar-refractivity contribution in [3.05, 3.63) is 17.5 Å². The first-order valence-corrected chi connectivity index (χ1v) is 6.32. The normalized spacial score (nSPS) is 11.9. The second kappa shape index (κ2) is 5.52. The lowest BCUT2D eigenvalue weighted by Gasteiger charge is -2.23. The Morgan fingerprint density at radius 3 is 2.61 bits per heavy atom. The van der Waals surface area contributed by atoms with Gasteiger partial charge in [-0.2, -0.15) is 5.10 Å². The first kappa shape index (κ1) is 14.7. The second-order valence-electron chi connectivity index (χ2n) is 5.42. The van der Waals surface area contributed by atoms with E-state index in [1.807, 2.05) is 26.8 Å². The van der Waals surface area contributed by atoms with Crippen molar-refractivity contribution in [2.45, 2.75) is 52.6 Å². The largest absolute Gasteiger partial charge is 0.394 e. The molecule has 0 aromatic carbocycles. The Morgan fingerprint density at radius 1 is 1.56 bits per heavy atom. The Hall–Kier alpha value is -1.36. The lowest BCUT2D eigenvalue weighted by atomic mass is 10.1. The number of hydrogen-bond donors (Lipinski definition) is 2. The Balaban J connectivity index is 2.98. The molecule has 0 unspecified atom stereocenters. The van der Waals surface area contributed by atoms with Crippen LogP contribution in [0.1, 0.15) is 56.7 Å². The summed E-state index contributed by atoms with van der Waals surface area (Å²) < 4.78 is 1.69. The second-order valence-corrected chi connectivity index (χ2v) is 5.42. The number of rotatable bonds is 5. The molecule has 5 heteroatoms. The van der Waals surface area contributed by atoms with Crippen molar-refractivity contribution in [2.75, 3.05) is 6.61 Å². The van der Waals surface area contributed by atoms with E-state index in [2.05, 4.69) is 10.4 Å². The van der Waals surface area contributed by atoms with E-state index in [1.54, 1.807) is 18.5 Å². The molecule has 1 amide bonds. The summed E-state index contributed by atoms with van der Waals surface area (Å²) in [6, 6.07) is 1.82. The molecule has 1 aromatic heterocycles. The third kappa shape index (κ3) is 3.32. The van der Waals surface area contributed by atoms with Crippen molar-refractivity contribution in [2.24, 2.45) is 0 Å². The number of nitrogens with one attached hydrogen (secondary N) is 1. The van der Waals surface area contributed by atoms with Crippen LogP contribution in [-0.4, -0.2) is 32.9 Å². The van der Waals surface area contributed by atoms with Gasteiger partial charge >= 0.3 is 0 Å². The van der Waals surface area contributed by atoms with Gasteiger partial charge in [-0.3, -0.25) is 9.48 Å². The van der Waals surface area contributed by atoms with Gasteiger partial charge in [0.25, 0.3) is 5.91 Å². The maximum Gasteiger partial charge on any atom is 0.270 e. The van der Waals surface area contributed by atoms with Crippen LogP contribution in [0.15, 0.2) is 6.07 Å². The van der Waals surface area contributed by atoms with Crippen LogP contribution in [0.5, 0.6) is 0 Å². The summed E-state index contributed by atoms with van der Waals surface area (Å²) in [5, 5.41) is 16.4. The standard InChI is InChI=1S/C13H23N3O2/c1-6-16-11(7-10(15-16)9(2)3)12(18)14-13(4,5)8-17/h7,9,17H,6,8H2,1-5H3,(H,14,18). The van der Waals surface area contributed by atoms with Gasteiger partial charge in [0.1, 0.15) is 5.69 Å². The number of aromatic nitrogens is 2. The molecule has 0 atom stereocenters. The number of hydrogen-bond acceptors (Lipinski definition) is 3. The van der Waals surface area contributed by atoms with Crippen molar-refractivity contribution < 1.29 is 9.90 Å². The number of nitrogens with zero attached hydrogens (tertiary/aromatic N) is 2. The first-order chi connectivity index (χ1) is 8.30. The van der Waals surface area contributed by atoms with E-state index < -0.39 is 5.54 Å². The van der Waals surface area contributed by atoms with Crippen molar-refractivity contribution in [1.82, 2.24) is 15.1 Å². The zero-order valence-electron chi connectivity index (χ0n) is 11.8. The van der Waals surface area contributed by atoms with Gasteiger partial charge in [-0.15, -0.1) is 0 Å². The monoisotopic (exact) mass is 253 g/mol.